The second-order valence-corrected chi connectivity index (χ2v) is 2.92. The summed E-state index contributed by atoms with van der Waals surface area (Å²) in [5, 5.41) is 7.50. The molecule has 0 spiro atoms. The molecule has 0 unspecified atom stereocenters. The number of hydrogen-bond donors (Lipinski definition) is 1. The van der Waals surface area contributed by atoms with Crippen molar-refractivity contribution < 1.29 is 0 Å². The Hall–Kier alpha value is -0.700. The van der Waals surface area contributed by atoms with Crippen LogP contribution in [0, 0.1) is 0 Å². The molecule has 0 radical (unpaired) electrons. The fraction of sp³-hybridized carbons (Fsp3) is 0.667. The average molecular weight is 204 g/mol. The van der Waals surface area contributed by atoms with Crippen molar-refractivity contribution in [2.24, 2.45) is 0 Å². The number of halogens is 1. The highest BCUT2D eigenvalue weighted by Crippen LogP contribution is 2.04. The van der Waals surface area contributed by atoms with E-state index in [1.165, 1.54) is 0 Å². The third-order valence-corrected chi connectivity index (χ3v) is 1.67. The first-order valence-corrected chi connectivity index (χ1v) is 4.63. The zero-order valence-corrected chi connectivity index (χ0v) is 9.10. The third kappa shape index (κ3) is 4.18. The van der Waals surface area contributed by atoms with Gasteiger partial charge in [-0.2, -0.15) is 5.10 Å². The highest BCUT2D eigenvalue weighted by atomic mass is 35.5. The van der Waals surface area contributed by atoms with Crippen molar-refractivity contribution in [2.45, 2.75) is 33.2 Å². The summed E-state index contributed by atoms with van der Waals surface area (Å²) in [6.45, 7) is 6.34. The molecule has 1 heterocycles. The smallest absolute Gasteiger partial charge is 0.0726 e. The SMILES string of the molecule is CCCNc1cnn(CCC)c1.Cl. The lowest BCUT2D eigenvalue weighted by Gasteiger charge is -1.98. The van der Waals surface area contributed by atoms with Crippen LogP contribution in [0.1, 0.15) is 26.7 Å². The summed E-state index contributed by atoms with van der Waals surface area (Å²) in [7, 11) is 0. The number of rotatable bonds is 5. The number of anilines is 1. The van der Waals surface area contributed by atoms with Crippen molar-refractivity contribution in [2.75, 3.05) is 11.9 Å². The molecule has 76 valence electrons. The molecular formula is C9H18ClN3. The number of nitrogens with one attached hydrogen (secondary N) is 1. The largest absolute Gasteiger partial charge is 0.383 e. The minimum Gasteiger partial charge on any atom is -0.383 e. The Labute approximate surface area is 85.9 Å². The molecule has 0 aliphatic heterocycles. The molecule has 0 bridgehead atoms. The molecule has 0 fully saturated rings. The quantitative estimate of drug-likeness (QED) is 0.797. The molecular weight excluding hydrogens is 186 g/mol. The summed E-state index contributed by atoms with van der Waals surface area (Å²) in [4.78, 5) is 0. The minimum atomic E-state index is 0. The van der Waals surface area contributed by atoms with Crippen molar-refractivity contribution in [3.8, 4) is 0 Å². The molecule has 0 aromatic carbocycles. The van der Waals surface area contributed by atoms with Gasteiger partial charge in [-0.15, -0.1) is 12.4 Å². The maximum Gasteiger partial charge on any atom is 0.0726 e. The molecule has 0 amide bonds. The molecule has 1 rings (SSSR count). The van der Waals surface area contributed by atoms with Crippen LogP contribution in [-0.2, 0) is 6.54 Å². The van der Waals surface area contributed by atoms with Crippen LogP contribution < -0.4 is 5.32 Å². The molecule has 1 N–H and O–H groups in total. The van der Waals surface area contributed by atoms with E-state index in [1.807, 2.05) is 10.9 Å². The number of aryl methyl sites for hydroxylation is 1. The molecule has 1 aromatic heterocycles. The molecule has 4 heteroatoms. The van der Waals surface area contributed by atoms with Crippen LogP contribution in [0.2, 0.25) is 0 Å². The zero-order chi connectivity index (χ0) is 8.81. The topological polar surface area (TPSA) is 29.9 Å². The highest BCUT2D eigenvalue weighted by Gasteiger charge is 1.94. The molecule has 0 saturated heterocycles. The highest BCUT2D eigenvalue weighted by molar-refractivity contribution is 5.85. The summed E-state index contributed by atoms with van der Waals surface area (Å²) in [6.07, 6.45) is 6.22. The first kappa shape index (κ1) is 12.3. The summed E-state index contributed by atoms with van der Waals surface area (Å²) < 4.78 is 1.97. The second kappa shape index (κ2) is 6.78. The predicted octanol–water partition coefficient (Wildman–Crippen LogP) is 2.54. The van der Waals surface area contributed by atoms with Crippen LogP contribution in [0.5, 0.6) is 0 Å². The van der Waals surface area contributed by atoms with Gasteiger partial charge in [0.1, 0.15) is 0 Å². The second-order valence-electron chi connectivity index (χ2n) is 2.92. The van der Waals surface area contributed by atoms with E-state index in [4.69, 9.17) is 0 Å². The molecule has 3 nitrogen and oxygen atoms in total. The van der Waals surface area contributed by atoms with Gasteiger partial charge in [-0.25, -0.2) is 0 Å². The Morgan fingerprint density at radius 3 is 2.77 bits per heavy atom. The fourth-order valence-electron chi connectivity index (χ4n) is 1.08. The van der Waals surface area contributed by atoms with Gasteiger partial charge in [-0.3, -0.25) is 4.68 Å². The fourth-order valence-corrected chi connectivity index (χ4v) is 1.08. The third-order valence-electron chi connectivity index (χ3n) is 1.67. The predicted molar refractivity (Wildman–Crippen MR) is 58.5 cm³/mol. The van der Waals surface area contributed by atoms with Crippen molar-refractivity contribution >= 4 is 18.1 Å². The van der Waals surface area contributed by atoms with Crippen LogP contribution in [0.4, 0.5) is 5.69 Å². The number of hydrogen-bond acceptors (Lipinski definition) is 2. The van der Waals surface area contributed by atoms with E-state index in [9.17, 15) is 0 Å². The Morgan fingerprint density at radius 1 is 1.38 bits per heavy atom. The summed E-state index contributed by atoms with van der Waals surface area (Å²) in [5.74, 6) is 0. The molecule has 0 saturated carbocycles. The van der Waals surface area contributed by atoms with Gasteiger partial charge in [-0.1, -0.05) is 13.8 Å². The van der Waals surface area contributed by atoms with Crippen molar-refractivity contribution in [3.05, 3.63) is 12.4 Å². The molecule has 1 aromatic rings. The Kier molecular flexibility index (Phi) is 6.41. The van der Waals surface area contributed by atoms with Gasteiger partial charge in [0, 0.05) is 19.3 Å². The zero-order valence-electron chi connectivity index (χ0n) is 8.29. The Bertz CT molecular complexity index is 222. The molecule has 0 aliphatic carbocycles. The lowest BCUT2D eigenvalue weighted by Crippen LogP contribution is -1.99. The van der Waals surface area contributed by atoms with Gasteiger partial charge in [0.15, 0.2) is 0 Å². The van der Waals surface area contributed by atoms with Gasteiger partial charge < -0.3 is 5.32 Å². The van der Waals surface area contributed by atoms with Gasteiger partial charge in [0.05, 0.1) is 11.9 Å². The number of nitrogens with zero attached hydrogens (tertiary/aromatic N) is 2. The monoisotopic (exact) mass is 203 g/mol. The van der Waals surface area contributed by atoms with Gasteiger partial charge in [-0.05, 0) is 12.8 Å². The minimum absolute atomic E-state index is 0. The Balaban J connectivity index is 0.00000144. The van der Waals surface area contributed by atoms with Gasteiger partial charge in [0.2, 0.25) is 0 Å². The van der Waals surface area contributed by atoms with Crippen molar-refractivity contribution in [1.82, 2.24) is 9.78 Å². The molecule has 13 heavy (non-hydrogen) atoms. The Morgan fingerprint density at radius 2 is 2.15 bits per heavy atom. The standard InChI is InChI=1S/C9H17N3.ClH/c1-3-5-10-9-7-11-12(8-9)6-4-2;/h7-8,10H,3-6H2,1-2H3;1H. The molecule has 0 atom stereocenters. The van der Waals surface area contributed by atoms with E-state index >= 15 is 0 Å². The van der Waals surface area contributed by atoms with E-state index < -0.39 is 0 Å². The van der Waals surface area contributed by atoms with E-state index in [1.54, 1.807) is 0 Å². The van der Waals surface area contributed by atoms with E-state index in [0.717, 1.165) is 31.6 Å². The van der Waals surface area contributed by atoms with Crippen LogP contribution in [-0.4, -0.2) is 16.3 Å². The summed E-state index contributed by atoms with van der Waals surface area (Å²) in [5.41, 5.74) is 1.13. The maximum absolute atomic E-state index is 4.21. The lowest BCUT2D eigenvalue weighted by atomic mass is 10.4. The summed E-state index contributed by atoms with van der Waals surface area (Å²) in [6, 6.07) is 0. The van der Waals surface area contributed by atoms with E-state index in [0.29, 0.717) is 0 Å². The average Bonchev–Trinajstić information content (AvgIpc) is 2.50. The van der Waals surface area contributed by atoms with Crippen LogP contribution in [0.15, 0.2) is 12.4 Å². The summed E-state index contributed by atoms with van der Waals surface area (Å²) >= 11 is 0. The maximum atomic E-state index is 4.21. The van der Waals surface area contributed by atoms with E-state index in [-0.39, 0.29) is 12.4 Å². The normalized spacial score (nSPS) is 9.38. The van der Waals surface area contributed by atoms with Crippen LogP contribution in [0.3, 0.4) is 0 Å². The van der Waals surface area contributed by atoms with Crippen molar-refractivity contribution in [1.29, 1.82) is 0 Å². The van der Waals surface area contributed by atoms with E-state index in [2.05, 4.69) is 30.5 Å². The van der Waals surface area contributed by atoms with Crippen LogP contribution >= 0.6 is 12.4 Å². The van der Waals surface area contributed by atoms with Gasteiger partial charge >= 0.3 is 0 Å². The van der Waals surface area contributed by atoms with Crippen molar-refractivity contribution in [3.63, 3.8) is 0 Å². The first-order chi connectivity index (χ1) is 5.86. The van der Waals surface area contributed by atoms with Crippen LogP contribution in [0.25, 0.3) is 0 Å². The first-order valence-electron chi connectivity index (χ1n) is 4.63. The number of aromatic nitrogens is 2. The molecule has 0 aliphatic rings. The van der Waals surface area contributed by atoms with Gasteiger partial charge in [0.25, 0.3) is 0 Å². The lowest BCUT2D eigenvalue weighted by molar-refractivity contribution is 0.603.